The molecular weight excluding hydrogens is 318 g/mol. The molecule has 0 saturated carbocycles. The second-order valence-corrected chi connectivity index (χ2v) is 6.26. The van der Waals surface area contributed by atoms with E-state index in [0.717, 1.165) is 33.9 Å². The van der Waals surface area contributed by atoms with Crippen molar-refractivity contribution < 1.29 is 4.74 Å². The minimum atomic E-state index is -0.0958. The average molecular weight is 339 g/mol. The van der Waals surface area contributed by atoms with Gasteiger partial charge in [-0.3, -0.25) is 0 Å². The fourth-order valence-corrected chi connectivity index (χ4v) is 3.02. The Bertz CT molecular complexity index is 901. The summed E-state index contributed by atoms with van der Waals surface area (Å²) < 4.78 is 7.88. The quantitative estimate of drug-likeness (QED) is 0.711. The lowest BCUT2D eigenvalue weighted by atomic mass is 10.0. The van der Waals surface area contributed by atoms with E-state index in [-0.39, 0.29) is 5.92 Å². The van der Waals surface area contributed by atoms with E-state index in [1.165, 1.54) is 0 Å². The van der Waals surface area contributed by atoms with Gasteiger partial charge in [-0.1, -0.05) is 37.3 Å². The lowest BCUT2D eigenvalue weighted by Gasteiger charge is -2.14. The molecule has 2 aromatic heterocycles. The van der Waals surface area contributed by atoms with Crippen molar-refractivity contribution in [1.82, 2.24) is 9.38 Å². The summed E-state index contributed by atoms with van der Waals surface area (Å²) in [5.74, 6) is 0.721. The van der Waals surface area contributed by atoms with Crippen LogP contribution in [0.5, 0.6) is 5.75 Å². The highest BCUT2D eigenvalue weighted by atomic mass is 32.1. The summed E-state index contributed by atoms with van der Waals surface area (Å²) in [4.78, 5) is 5.35. The van der Waals surface area contributed by atoms with Gasteiger partial charge < -0.3 is 14.9 Å². The highest BCUT2D eigenvalue weighted by Gasteiger charge is 2.23. The molecule has 1 atom stereocenters. The summed E-state index contributed by atoms with van der Waals surface area (Å²) in [7, 11) is 0. The number of ether oxygens (including phenoxy) is 1. The molecule has 124 valence electrons. The van der Waals surface area contributed by atoms with E-state index in [2.05, 4.69) is 17.4 Å². The summed E-state index contributed by atoms with van der Waals surface area (Å²) in [6.07, 6.45) is 2.01. The number of aryl methyl sites for hydroxylation is 1. The van der Waals surface area contributed by atoms with E-state index >= 15 is 0 Å². The average Bonchev–Trinajstić information content (AvgIpc) is 2.95. The summed E-state index contributed by atoms with van der Waals surface area (Å²) in [6, 6.07) is 12.0. The van der Waals surface area contributed by atoms with E-state index in [9.17, 15) is 0 Å². The smallest absolute Gasteiger partial charge is 0.140 e. The Balaban J connectivity index is 2.34. The molecule has 0 saturated heterocycles. The molecule has 2 N–H and O–H groups in total. The molecule has 0 aliphatic carbocycles. The predicted molar refractivity (Wildman–Crippen MR) is 102 cm³/mol. The second-order valence-electron chi connectivity index (χ2n) is 5.78. The van der Waals surface area contributed by atoms with E-state index in [4.69, 9.17) is 27.7 Å². The largest absolute Gasteiger partial charge is 0.493 e. The van der Waals surface area contributed by atoms with Gasteiger partial charge in [-0.15, -0.1) is 0 Å². The van der Waals surface area contributed by atoms with Gasteiger partial charge in [-0.25, -0.2) is 4.98 Å². The molecule has 0 aliphatic heterocycles. The van der Waals surface area contributed by atoms with Gasteiger partial charge in [0.15, 0.2) is 0 Å². The van der Waals surface area contributed by atoms with Gasteiger partial charge in [-0.2, -0.15) is 0 Å². The summed E-state index contributed by atoms with van der Waals surface area (Å²) in [5.41, 5.74) is 10.8. The number of rotatable bonds is 5. The minimum absolute atomic E-state index is 0.0958. The lowest BCUT2D eigenvalue weighted by Crippen LogP contribution is -2.18. The van der Waals surface area contributed by atoms with Crippen molar-refractivity contribution in [3.8, 4) is 17.0 Å². The van der Waals surface area contributed by atoms with E-state index in [1.807, 2.05) is 50.4 Å². The molecule has 0 bridgehead atoms. The molecule has 0 aliphatic rings. The molecule has 1 aromatic carbocycles. The van der Waals surface area contributed by atoms with Gasteiger partial charge in [0.25, 0.3) is 0 Å². The number of para-hydroxylation sites is 1. The van der Waals surface area contributed by atoms with Gasteiger partial charge in [0.2, 0.25) is 0 Å². The number of imidazole rings is 1. The van der Waals surface area contributed by atoms with Crippen LogP contribution >= 0.6 is 12.2 Å². The molecule has 4 nitrogen and oxygen atoms in total. The first-order valence-electron chi connectivity index (χ1n) is 8.03. The zero-order valence-electron chi connectivity index (χ0n) is 14.1. The van der Waals surface area contributed by atoms with Crippen LogP contribution in [0.1, 0.15) is 31.0 Å². The van der Waals surface area contributed by atoms with Gasteiger partial charge in [-0.05, 0) is 37.6 Å². The van der Waals surface area contributed by atoms with Crippen molar-refractivity contribution in [3.05, 3.63) is 53.9 Å². The molecule has 3 rings (SSSR count). The Hall–Kier alpha value is -2.40. The lowest BCUT2D eigenvalue weighted by molar-refractivity contribution is 0.341. The predicted octanol–water partition coefficient (Wildman–Crippen LogP) is 4.10. The van der Waals surface area contributed by atoms with Crippen LogP contribution in [0.15, 0.2) is 42.6 Å². The number of thiocarbonyl (C=S) groups is 1. The van der Waals surface area contributed by atoms with E-state index < -0.39 is 0 Å². The standard InChI is InChI=1S/C19H21N3OS/c1-4-23-15-10-6-5-9-14(15)16-17(13(3)18(20)24)22-11-7-8-12(2)19(22)21-16/h5-11,13H,4H2,1-3H3,(H2,20,24). The number of hydrogen-bond donors (Lipinski definition) is 1. The van der Waals surface area contributed by atoms with Crippen molar-refractivity contribution in [2.75, 3.05) is 6.61 Å². The van der Waals surface area contributed by atoms with Gasteiger partial charge >= 0.3 is 0 Å². The summed E-state index contributed by atoms with van der Waals surface area (Å²) in [5, 5.41) is 0. The maximum atomic E-state index is 5.96. The highest BCUT2D eigenvalue weighted by Crippen LogP contribution is 2.36. The topological polar surface area (TPSA) is 52.5 Å². The fraction of sp³-hybridized carbons (Fsp3) is 0.263. The summed E-state index contributed by atoms with van der Waals surface area (Å²) in [6.45, 7) is 6.64. The monoisotopic (exact) mass is 339 g/mol. The van der Waals surface area contributed by atoms with E-state index in [1.54, 1.807) is 0 Å². The van der Waals surface area contributed by atoms with Crippen LogP contribution in [0.4, 0.5) is 0 Å². The first-order chi connectivity index (χ1) is 11.5. The Morgan fingerprint density at radius 2 is 2.04 bits per heavy atom. The Morgan fingerprint density at radius 1 is 1.29 bits per heavy atom. The second kappa shape index (κ2) is 6.61. The molecule has 0 fully saturated rings. The van der Waals surface area contributed by atoms with Crippen LogP contribution in [-0.2, 0) is 0 Å². The fourth-order valence-electron chi connectivity index (χ4n) is 2.91. The Morgan fingerprint density at radius 3 is 2.75 bits per heavy atom. The molecule has 24 heavy (non-hydrogen) atoms. The van der Waals surface area contributed by atoms with Crippen molar-refractivity contribution >= 4 is 22.9 Å². The zero-order valence-corrected chi connectivity index (χ0v) is 14.9. The molecular formula is C19H21N3OS. The van der Waals surface area contributed by atoms with Gasteiger partial charge in [0, 0.05) is 17.7 Å². The number of pyridine rings is 1. The van der Waals surface area contributed by atoms with Crippen molar-refractivity contribution in [2.45, 2.75) is 26.7 Å². The Kier molecular flexibility index (Phi) is 4.53. The number of fused-ring (bicyclic) bond motifs is 1. The first kappa shape index (κ1) is 16.5. The van der Waals surface area contributed by atoms with Crippen LogP contribution in [0, 0.1) is 6.92 Å². The van der Waals surface area contributed by atoms with Crippen LogP contribution < -0.4 is 10.5 Å². The molecule has 3 aromatic rings. The number of hydrogen-bond acceptors (Lipinski definition) is 3. The minimum Gasteiger partial charge on any atom is -0.493 e. The Labute approximate surface area is 147 Å². The van der Waals surface area contributed by atoms with Crippen LogP contribution in [0.2, 0.25) is 0 Å². The zero-order chi connectivity index (χ0) is 17.3. The van der Waals surface area contributed by atoms with Gasteiger partial charge in [0.05, 0.1) is 23.0 Å². The van der Waals surface area contributed by atoms with Crippen LogP contribution in [0.3, 0.4) is 0 Å². The van der Waals surface area contributed by atoms with Crippen LogP contribution in [-0.4, -0.2) is 21.0 Å². The molecule has 0 spiro atoms. The van der Waals surface area contributed by atoms with Crippen molar-refractivity contribution in [2.24, 2.45) is 5.73 Å². The molecule has 0 radical (unpaired) electrons. The SMILES string of the molecule is CCOc1ccccc1-c1nc2c(C)cccn2c1C(C)C(N)=S. The maximum absolute atomic E-state index is 5.96. The van der Waals surface area contributed by atoms with Crippen molar-refractivity contribution in [1.29, 1.82) is 0 Å². The third-order valence-electron chi connectivity index (χ3n) is 4.16. The van der Waals surface area contributed by atoms with Crippen molar-refractivity contribution in [3.63, 3.8) is 0 Å². The molecule has 0 amide bonds. The van der Waals surface area contributed by atoms with Gasteiger partial charge in [0.1, 0.15) is 11.4 Å². The molecule has 2 heterocycles. The number of nitrogens with two attached hydrogens (primary N) is 1. The maximum Gasteiger partial charge on any atom is 0.140 e. The third-order valence-corrected chi connectivity index (χ3v) is 4.51. The van der Waals surface area contributed by atoms with Crippen LogP contribution in [0.25, 0.3) is 16.9 Å². The number of aromatic nitrogens is 2. The highest BCUT2D eigenvalue weighted by molar-refractivity contribution is 7.80. The summed E-state index contributed by atoms with van der Waals surface area (Å²) >= 11 is 5.26. The normalized spacial score (nSPS) is 12.3. The number of benzene rings is 1. The first-order valence-corrected chi connectivity index (χ1v) is 8.44. The third kappa shape index (κ3) is 2.76. The molecule has 1 unspecified atom stereocenters. The molecule has 5 heteroatoms. The van der Waals surface area contributed by atoms with E-state index in [0.29, 0.717) is 11.6 Å². The number of nitrogens with zero attached hydrogens (tertiary/aromatic N) is 2.